The summed E-state index contributed by atoms with van der Waals surface area (Å²) in [4.78, 5) is 14.6. The number of hydrogen-bond donors (Lipinski definition) is 0. The molecule has 0 radical (unpaired) electrons. The molecule has 6 nitrogen and oxygen atoms in total. The predicted octanol–water partition coefficient (Wildman–Crippen LogP) is 10.6. The van der Waals surface area contributed by atoms with Gasteiger partial charge in [-0.05, 0) is 67.5 Å². The van der Waals surface area contributed by atoms with E-state index in [2.05, 4.69) is 106 Å². The van der Waals surface area contributed by atoms with Crippen LogP contribution in [0.2, 0.25) is 0 Å². The van der Waals surface area contributed by atoms with E-state index in [-0.39, 0.29) is 32.5 Å². The van der Waals surface area contributed by atoms with Crippen LogP contribution < -0.4 is 4.74 Å². The number of aliphatic imine (C=N–C) groups is 1. The molecule has 0 amide bonds. The summed E-state index contributed by atoms with van der Waals surface area (Å²) in [6.07, 6.45) is 8.23. The van der Waals surface area contributed by atoms with E-state index in [0.717, 1.165) is 75.7 Å². The van der Waals surface area contributed by atoms with E-state index in [0.29, 0.717) is 29.9 Å². The molecule has 0 saturated heterocycles. The third-order valence-electron chi connectivity index (χ3n) is 9.41. The first-order chi connectivity index (χ1) is 23.7. The summed E-state index contributed by atoms with van der Waals surface area (Å²) in [6, 6.07) is 32.2. The standard InChI is InChI=1S/C43H44N4O2.Pt/c1-7-12-29(13-8-2)39-27-48-42(46-39)31-21-30(38-15-9-10-18-44-38)22-34(23-31)49-35-25-32(43(4,5)6)24-33(26-35)47-40-17-16-28(3)20-37(40)36-14-11-19-45-41(36)47;/h9-11,14-22,24-25,29,39H,7-8,12-13,27H2,1-6H3;/q-2;+2/t39-;/m0./s1. The zero-order chi connectivity index (χ0) is 34.1. The number of aryl methyl sites for hydroxylation is 1. The van der Waals surface area contributed by atoms with Gasteiger partial charge in [-0.2, -0.15) is 0 Å². The number of nitrogens with zero attached hydrogens (tertiary/aromatic N) is 4. The third-order valence-corrected chi connectivity index (χ3v) is 9.41. The van der Waals surface area contributed by atoms with Crippen molar-refractivity contribution in [3.63, 3.8) is 0 Å². The molecule has 3 aromatic heterocycles. The topological polar surface area (TPSA) is 61.5 Å². The molecule has 4 heterocycles. The normalized spacial score (nSPS) is 14.5. The fourth-order valence-corrected chi connectivity index (χ4v) is 6.90. The summed E-state index contributed by atoms with van der Waals surface area (Å²) < 4.78 is 15.2. The van der Waals surface area contributed by atoms with Gasteiger partial charge in [-0.3, -0.25) is 9.98 Å². The molecule has 0 bridgehead atoms. The summed E-state index contributed by atoms with van der Waals surface area (Å²) in [5.74, 6) is 2.27. The summed E-state index contributed by atoms with van der Waals surface area (Å²) in [5.41, 5.74) is 7.53. The van der Waals surface area contributed by atoms with Crippen molar-refractivity contribution in [3.05, 3.63) is 114 Å². The number of aromatic nitrogens is 3. The van der Waals surface area contributed by atoms with Crippen molar-refractivity contribution in [2.75, 3.05) is 6.61 Å². The van der Waals surface area contributed by atoms with E-state index in [4.69, 9.17) is 19.5 Å². The fourth-order valence-electron chi connectivity index (χ4n) is 6.90. The first kappa shape index (κ1) is 35.5. The Morgan fingerprint density at radius 2 is 1.66 bits per heavy atom. The monoisotopic (exact) mass is 843 g/mol. The average Bonchev–Trinajstić information content (AvgIpc) is 3.72. The van der Waals surface area contributed by atoms with Crippen molar-refractivity contribution in [2.24, 2.45) is 10.9 Å². The molecular weight excluding hydrogens is 800 g/mol. The van der Waals surface area contributed by atoms with Crippen LogP contribution in [0.1, 0.15) is 77.0 Å². The number of pyridine rings is 2. The van der Waals surface area contributed by atoms with Crippen LogP contribution >= 0.6 is 0 Å². The molecule has 1 atom stereocenters. The van der Waals surface area contributed by atoms with Crippen LogP contribution in [0, 0.1) is 25.0 Å². The largest absolute Gasteiger partial charge is 2.00 e. The molecule has 0 unspecified atom stereocenters. The van der Waals surface area contributed by atoms with Gasteiger partial charge in [0, 0.05) is 34.7 Å². The molecule has 258 valence electrons. The minimum atomic E-state index is -0.148. The maximum absolute atomic E-state index is 6.73. The Morgan fingerprint density at radius 1 is 0.880 bits per heavy atom. The second-order valence-corrected chi connectivity index (χ2v) is 14.2. The van der Waals surface area contributed by atoms with Crippen LogP contribution in [0.3, 0.4) is 0 Å². The van der Waals surface area contributed by atoms with Gasteiger partial charge in [-0.15, -0.1) is 29.8 Å². The van der Waals surface area contributed by atoms with Crippen LogP contribution in [0.15, 0.2) is 90.2 Å². The molecule has 7 heteroatoms. The summed E-state index contributed by atoms with van der Waals surface area (Å²) >= 11 is 0. The molecule has 7 rings (SSSR count). The maximum atomic E-state index is 6.73. The van der Waals surface area contributed by atoms with Gasteiger partial charge in [0.25, 0.3) is 0 Å². The van der Waals surface area contributed by atoms with Crippen LogP contribution in [0.25, 0.3) is 38.9 Å². The number of rotatable bonds is 10. The average molecular weight is 844 g/mol. The fraction of sp³-hybridized carbons (Fsp3) is 0.326. The van der Waals surface area contributed by atoms with Crippen molar-refractivity contribution < 1.29 is 30.5 Å². The van der Waals surface area contributed by atoms with E-state index >= 15 is 0 Å². The van der Waals surface area contributed by atoms with E-state index in [9.17, 15) is 0 Å². The second-order valence-electron chi connectivity index (χ2n) is 14.2. The Morgan fingerprint density at radius 3 is 2.40 bits per heavy atom. The Bertz CT molecular complexity index is 2140. The van der Waals surface area contributed by atoms with Crippen LogP contribution in [-0.4, -0.2) is 33.1 Å². The minimum Gasteiger partial charge on any atom is -0.518 e. The van der Waals surface area contributed by atoms with Gasteiger partial charge in [0.15, 0.2) is 0 Å². The molecule has 0 aliphatic carbocycles. The molecule has 0 spiro atoms. The number of benzene rings is 3. The first-order valence-electron chi connectivity index (χ1n) is 17.5. The SMILES string of the molecule is CCCC(CCC)[C@@H]1COC(c2[c-]c(Oc3[c-]c(-n4c5ccc(C)cc5c5cccnc54)cc(C(C)(C)C)c3)cc(-c3ccccn3)c2)=N1.[Pt+2]. The van der Waals surface area contributed by atoms with Gasteiger partial charge < -0.3 is 14.0 Å². The van der Waals surface area contributed by atoms with Crippen molar-refractivity contribution in [3.8, 4) is 28.4 Å². The smallest absolute Gasteiger partial charge is 0.518 e. The van der Waals surface area contributed by atoms with Crippen LogP contribution in [0.4, 0.5) is 0 Å². The zero-order valence-corrected chi connectivity index (χ0v) is 32.0. The quantitative estimate of drug-likeness (QED) is 0.129. The number of hydrogen-bond acceptors (Lipinski definition) is 5. The van der Waals surface area contributed by atoms with Gasteiger partial charge >= 0.3 is 21.1 Å². The van der Waals surface area contributed by atoms with E-state index in [1.165, 1.54) is 5.56 Å². The molecule has 50 heavy (non-hydrogen) atoms. The summed E-state index contributed by atoms with van der Waals surface area (Å²) in [5, 5.41) is 2.27. The second kappa shape index (κ2) is 14.9. The van der Waals surface area contributed by atoms with Crippen molar-refractivity contribution in [1.82, 2.24) is 14.5 Å². The Kier molecular flexibility index (Phi) is 10.6. The van der Waals surface area contributed by atoms with E-state index in [1.54, 1.807) is 6.20 Å². The molecule has 6 aromatic rings. The predicted molar refractivity (Wildman–Crippen MR) is 199 cm³/mol. The minimum absolute atomic E-state index is 0. The Labute approximate surface area is 310 Å². The van der Waals surface area contributed by atoms with Gasteiger partial charge in [-0.25, -0.2) is 4.98 Å². The van der Waals surface area contributed by atoms with Crippen LogP contribution in [0.5, 0.6) is 11.5 Å². The molecule has 1 aliphatic heterocycles. The van der Waals surface area contributed by atoms with Crippen molar-refractivity contribution >= 4 is 27.8 Å². The summed E-state index contributed by atoms with van der Waals surface area (Å²) in [7, 11) is 0. The summed E-state index contributed by atoms with van der Waals surface area (Å²) in [6.45, 7) is 13.8. The van der Waals surface area contributed by atoms with Crippen LogP contribution in [-0.2, 0) is 31.2 Å². The van der Waals surface area contributed by atoms with Gasteiger partial charge in [0.05, 0.1) is 23.9 Å². The zero-order valence-electron chi connectivity index (χ0n) is 29.7. The van der Waals surface area contributed by atoms with E-state index < -0.39 is 0 Å². The molecular formula is C43H44N4O2Pt. The third kappa shape index (κ3) is 7.28. The number of fused-ring (bicyclic) bond motifs is 3. The molecule has 0 N–H and O–H groups in total. The van der Waals surface area contributed by atoms with Gasteiger partial charge in [-0.1, -0.05) is 94.1 Å². The van der Waals surface area contributed by atoms with Crippen molar-refractivity contribution in [1.29, 1.82) is 0 Å². The molecule has 1 aliphatic rings. The van der Waals surface area contributed by atoms with Gasteiger partial charge in [0.2, 0.25) is 0 Å². The first-order valence-corrected chi connectivity index (χ1v) is 17.5. The van der Waals surface area contributed by atoms with Gasteiger partial charge in [0.1, 0.15) is 11.5 Å². The molecule has 0 saturated carbocycles. The molecule has 3 aromatic carbocycles. The molecule has 0 fully saturated rings. The Balaban J connectivity index is 0.00000432. The van der Waals surface area contributed by atoms with E-state index in [1.807, 2.05) is 36.5 Å². The Hall–Kier alpha value is -4.28. The van der Waals surface area contributed by atoms with Crippen molar-refractivity contribution in [2.45, 2.75) is 78.7 Å². The number of ether oxygens (including phenoxy) is 2. The maximum Gasteiger partial charge on any atom is 2.00 e.